The van der Waals surface area contributed by atoms with E-state index < -0.39 is 0 Å². The fourth-order valence-electron chi connectivity index (χ4n) is 1.53. The SMILES string of the molecule is COC(=O)[C@H]1CC[C@H](C)N1C. The molecule has 11 heavy (non-hydrogen) atoms. The lowest BCUT2D eigenvalue weighted by atomic mass is 10.2. The third-order valence-corrected chi connectivity index (χ3v) is 2.52. The predicted octanol–water partition coefficient (Wildman–Crippen LogP) is 0.642. The second-order valence-corrected chi connectivity index (χ2v) is 3.13. The van der Waals surface area contributed by atoms with E-state index in [1.165, 1.54) is 7.11 Å². The maximum atomic E-state index is 11.1. The number of nitrogens with zero attached hydrogens (tertiary/aromatic N) is 1. The van der Waals surface area contributed by atoms with Crippen LogP contribution in [-0.2, 0) is 9.53 Å². The van der Waals surface area contributed by atoms with Crippen molar-refractivity contribution in [2.24, 2.45) is 0 Å². The first-order valence-electron chi connectivity index (χ1n) is 3.96. The standard InChI is InChI=1S/C8H15NO2/c1-6-4-5-7(9(6)2)8(10)11-3/h6-7H,4-5H2,1-3H3/t6-,7+/m0/s1. The lowest BCUT2D eigenvalue weighted by Crippen LogP contribution is -2.36. The minimum Gasteiger partial charge on any atom is -0.468 e. The van der Waals surface area contributed by atoms with Gasteiger partial charge in [0.05, 0.1) is 7.11 Å². The van der Waals surface area contributed by atoms with Gasteiger partial charge >= 0.3 is 5.97 Å². The highest BCUT2D eigenvalue weighted by atomic mass is 16.5. The maximum absolute atomic E-state index is 11.1. The maximum Gasteiger partial charge on any atom is 0.323 e. The van der Waals surface area contributed by atoms with Crippen LogP contribution in [0.2, 0.25) is 0 Å². The minimum atomic E-state index is -0.100. The molecule has 0 bridgehead atoms. The van der Waals surface area contributed by atoms with Gasteiger partial charge in [0.2, 0.25) is 0 Å². The molecule has 3 nitrogen and oxygen atoms in total. The molecule has 1 aliphatic heterocycles. The Hall–Kier alpha value is -0.570. The van der Waals surface area contributed by atoms with Gasteiger partial charge in [-0.15, -0.1) is 0 Å². The summed E-state index contributed by atoms with van der Waals surface area (Å²) in [4.78, 5) is 13.2. The van der Waals surface area contributed by atoms with Crippen molar-refractivity contribution in [1.29, 1.82) is 0 Å². The van der Waals surface area contributed by atoms with Crippen molar-refractivity contribution in [1.82, 2.24) is 4.90 Å². The largest absolute Gasteiger partial charge is 0.468 e. The van der Waals surface area contributed by atoms with Gasteiger partial charge in [-0.1, -0.05) is 0 Å². The summed E-state index contributed by atoms with van der Waals surface area (Å²) >= 11 is 0. The topological polar surface area (TPSA) is 29.5 Å². The quantitative estimate of drug-likeness (QED) is 0.523. The molecule has 0 aromatic heterocycles. The second kappa shape index (κ2) is 3.22. The molecule has 3 heteroatoms. The van der Waals surface area contributed by atoms with Crippen LogP contribution in [0.15, 0.2) is 0 Å². The summed E-state index contributed by atoms with van der Waals surface area (Å²) < 4.78 is 4.67. The van der Waals surface area contributed by atoms with Crippen LogP contribution in [0.25, 0.3) is 0 Å². The molecule has 0 aromatic rings. The summed E-state index contributed by atoms with van der Waals surface area (Å²) in [6.45, 7) is 2.13. The zero-order chi connectivity index (χ0) is 8.43. The lowest BCUT2D eigenvalue weighted by Gasteiger charge is -2.20. The zero-order valence-electron chi connectivity index (χ0n) is 7.33. The molecule has 0 aliphatic carbocycles. The molecule has 0 N–H and O–H groups in total. The number of carbonyl (C=O) groups excluding carboxylic acids is 1. The van der Waals surface area contributed by atoms with Gasteiger partial charge in [0.25, 0.3) is 0 Å². The fourth-order valence-corrected chi connectivity index (χ4v) is 1.53. The summed E-state index contributed by atoms with van der Waals surface area (Å²) in [7, 11) is 3.42. The molecule has 0 amide bonds. The highest BCUT2D eigenvalue weighted by molar-refractivity contribution is 5.76. The molecule has 1 heterocycles. The molecule has 2 atom stereocenters. The number of rotatable bonds is 1. The number of ether oxygens (including phenoxy) is 1. The molecule has 1 aliphatic rings. The van der Waals surface area contributed by atoms with Crippen LogP contribution >= 0.6 is 0 Å². The average molecular weight is 157 g/mol. The van der Waals surface area contributed by atoms with Gasteiger partial charge in [-0.25, -0.2) is 0 Å². The molecule has 0 unspecified atom stereocenters. The van der Waals surface area contributed by atoms with E-state index in [-0.39, 0.29) is 12.0 Å². The smallest absolute Gasteiger partial charge is 0.323 e. The molecule has 1 saturated heterocycles. The fraction of sp³-hybridized carbons (Fsp3) is 0.875. The van der Waals surface area contributed by atoms with Crippen molar-refractivity contribution in [3.8, 4) is 0 Å². The van der Waals surface area contributed by atoms with Gasteiger partial charge in [-0.2, -0.15) is 0 Å². The number of methoxy groups -OCH3 is 1. The highest BCUT2D eigenvalue weighted by Crippen LogP contribution is 2.22. The van der Waals surface area contributed by atoms with Crippen molar-refractivity contribution in [2.45, 2.75) is 31.8 Å². The van der Waals surface area contributed by atoms with E-state index in [1.54, 1.807) is 0 Å². The van der Waals surface area contributed by atoms with Crippen LogP contribution in [0.5, 0.6) is 0 Å². The monoisotopic (exact) mass is 157 g/mol. The molecular weight excluding hydrogens is 142 g/mol. The van der Waals surface area contributed by atoms with E-state index in [4.69, 9.17) is 0 Å². The highest BCUT2D eigenvalue weighted by Gasteiger charge is 2.33. The van der Waals surface area contributed by atoms with Crippen LogP contribution in [0.3, 0.4) is 0 Å². The van der Waals surface area contributed by atoms with Crippen molar-refractivity contribution < 1.29 is 9.53 Å². The van der Waals surface area contributed by atoms with E-state index in [1.807, 2.05) is 7.05 Å². The Balaban J connectivity index is 2.54. The van der Waals surface area contributed by atoms with E-state index in [2.05, 4.69) is 16.6 Å². The first-order valence-corrected chi connectivity index (χ1v) is 3.96. The van der Waals surface area contributed by atoms with E-state index in [0.29, 0.717) is 6.04 Å². The number of esters is 1. The molecule has 64 valence electrons. The third-order valence-electron chi connectivity index (χ3n) is 2.52. The van der Waals surface area contributed by atoms with E-state index in [9.17, 15) is 4.79 Å². The number of carbonyl (C=O) groups is 1. The van der Waals surface area contributed by atoms with Crippen LogP contribution in [0.4, 0.5) is 0 Å². The average Bonchev–Trinajstić information content (AvgIpc) is 2.32. The first kappa shape index (κ1) is 8.53. The normalized spacial score (nSPS) is 32.3. The molecule has 0 radical (unpaired) electrons. The van der Waals surface area contributed by atoms with Crippen LogP contribution < -0.4 is 0 Å². The van der Waals surface area contributed by atoms with E-state index >= 15 is 0 Å². The number of likely N-dealkylation sites (tertiary alicyclic amines) is 1. The summed E-state index contributed by atoms with van der Waals surface area (Å²) in [6, 6.07) is 0.508. The summed E-state index contributed by atoms with van der Waals surface area (Å²) in [5.41, 5.74) is 0. The van der Waals surface area contributed by atoms with E-state index in [0.717, 1.165) is 12.8 Å². The number of hydrogen-bond acceptors (Lipinski definition) is 3. The summed E-state index contributed by atoms with van der Waals surface area (Å²) in [6.07, 6.45) is 2.03. The lowest BCUT2D eigenvalue weighted by molar-refractivity contribution is -0.145. The number of likely N-dealkylation sites (N-methyl/N-ethyl adjacent to an activating group) is 1. The van der Waals surface area contributed by atoms with Gasteiger partial charge in [-0.3, -0.25) is 9.69 Å². The van der Waals surface area contributed by atoms with Crippen molar-refractivity contribution in [2.75, 3.05) is 14.2 Å². The van der Waals surface area contributed by atoms with Gasteiger partial charge in [-0.05, 0) is 26.8 Å². The Labute approximate surface area is 67.3 Å². The van der Waals surface area contributed by atoms with Gasteiger partial charge in [0.15, 0.2) is 0 Å². The number of hydrogen-bond donors (Lipinski definition) is 0. The Morgan fingerprint density at radius 1 is 1.55 bits per heavy atom. The second-order valence-electron chi connectivity index (χ2n) is 3.13. The molecule has 0 saturated carbocycles. The van der Waals surface area contributed by atoms with Gasteiger partial charge < -0.3 is 4.74 Å². The van der Waals surface area contributed by atoms with Crippen molar-refractivity contribution in [3.63, 3.8) is 0 Å². The zero-order valence-corrected chi connectivity index (χ0v) is 7.33. The van der Waals surface area contributed by atoms with Crippen molar-refractivity contribution in [3.05, 3.63) is 0 Å². The Bertz CT molecular complexity index is 158. The van der Waals surface area contributed by atoms with Crippen LogP contribution in [-0.4, -0.2) is 37.1 Å². The predicted molar refractivity (Wildman–Crippen MR) is 42.3 cm³/mol. The Kier molecular flexibility index (Phi) is 2.49. The third kappa shape index (κ3) is 1.53. The molecule has 0 aromatic carbocycles. The van der Waals surface area contributed by atoms with Crippen LogP contribution in [0.1, 0.15) is 19.8 Å². The Morgan fingerprint density at radius 3 is 2.55 bits per heavy atom. The minimum absolute atomic E-state index is 0.00463. The summed E-state index contributed by atoms with van der Waals surface area (Å²) in [5, 5.41) is 0. The molecule has 0 spiro atoms. The Morgan fingerprint density at radius 2 is 2.18 bits per heavy atom. The molecular formula is C8H15NO2. The summed E-state index contributed by atoms with van der Waals surface area (Å²) in [5.74, 6) is -0.100. The van der Waals surface area contributed by atoms with Gasteiger partial charge in [0.1, 0.15) is 6.04 Å². The van der Waals surface area contributed by atoms with Crippen LogP contribution in [0, 0.1) is 0 Å². The molecule has 1 fully saturated rings. The molecule has 1 rings (SSSR count). The first-order chi connectivity index (χ1) is 5.16. The van der Waals surface area contributed by atoms with Crippen molar-refractivity contribution >= 4 is 5.97 Å². The van der Waals surface area contributed by atoms with Gasteiger partial charge in [0, 0.05) is 6.04 Å².